The van der Waals surface area contributed by atoms with Gasteiger partial charge in [0.15, 0.2) is 0 Å². The van der Waals surface area contributed by atoms with E-state index in [0.717, 1.165) is 11.3 Å². The molecule has 0 radical (unpaired) electrons. The van der Waals surface area contributed by atoms with Gasteiger partial charge < -0.3 is 10.1 Å². The van der Waals surface area contributed by atoms with Gasteiger partial charge in [0.1, 0.15) is 0 Å². The molecule has 5 nitrogen and oxygen atoms in total. The number of nitrogens with zero attached hydrogens (tertiary/aromatic N) is 2. The van der Waals surface area contributed by atoms with Crippen LogP contribution in [0.4, 0.5) is 0 Å². The number of nitrogens with one attached hydrogen (secondary N) is 1. The highest BCUT2D eigenvalue weighted by Crippen LogP contribution is 2.08. The van der Waals surface area contributed by atoms with Gasteiger partial charge in [-0.15, -0.1) is 0 Å². The van der Waals surface area contributed by atoms with Gasteiger partial charge in [0.25, 0.3) is 0 Å². The number of rotatable bonds is 5. The predicted octanol–water partition coefficient (Wildman–Crippen LogP) is 1.02. The Morgan fingerprint density at radius 1 is 1.59 bits per heavy atom. The van der Waals surface area contributed by atoms with E-state index >= 15 is 0 Å². The maximum Gasteiger partial charge on any atom is 0.309 e. The molecule has 0 aromatic carbocycles. The van der Waals surface area contributed by atoms with Crippen molar-refractivity contribution >= 4 is 5.97 Å². The Balaban J connectivity index is 2.50. The van der Waals surface area contributed by atoms with Crippen LogP contribution >= 0.6 is 0 Å². The van der Waals surface area contributed by atoms with Crippen LogP contribution in [0, 0.1) is 12.8 Å². The Morgan fingerprint density at radius 3 is 2.71 bits per heavy atom. The summed E-state index contributed by atoms with van der Waals surface area (Å²) in [6.45, 7) is 6.53. The van der Waals surface area contributed by atoms with E-state index in [1.807, 2.05) is 34.0 Å². The molecule has 0 spiro atoms. The molecule has 1 aromatic rings. The fourth-order valence-electron chi connectivity index (χ4n) is 1.66. The molecule has 1 N–H and O–H groups in total. The molecule has 1 rings (SSSR count). The minimum Gasteiger partial charge on any atom is -0.469 e. The summed E-state index contributed by atoms with van der Waals surface area (Å²) in [4.78, 5) is 11.4. The van der Waals surface area contributed by atoms with E-state index in [4.69, 9.17) is 4.74 Å². The Kier molecular flexibility index (Phi) is 4.69. The molecule has 1 aromatic heterocycles. The zero-order chi connectivity index (χ0) is 13.0. The monoisotopic (exact) mass is 239 g/mol. The van der Waals surface area contributed by atoms with Gasteiger partial charge in [-0.1, -0.05) is 6.92 Å². The number of hydrogen-bond acceptors (Lipinski definition) is 4. The van der Waals surface area contributed by atoms with Gasteiger partial charge in [-0.25, -0.2) is 0 Å². The molecule has 96 valence electrons. The number of aryl methyl sites for hydroxylation is 2. The van der Waals surface area contributed by atoms with Crippen LogP contribution in [-0.4, -0.2) is 28.9 Å². The smallest absolute Gasteiger partial charge is 0.309 e. The largest absolute Gasteiger partial charge is 0.469 e. The summed E-state index contributed by atoms with van der Waals surface area (Å²) in [7, 11) is 3.31. The summed E-state index contributed by atoms with van der Waals surface area (Å²) in [5.41, 5.74) is 2.16. The first kappa shape index (κ1) is 13.7. The van der Waals surface area contributed by atoms with Crippen molar-refractivity contribution in [3.63, 3.8) is 0 Å². The van der Waals surface area contributed by atoms with E-state index in [9.17, 15) is 4.79 Å². The van der Waals surface area contributed by atoms with Crippen LogP contribution in [0.3, 0.4) is 0 Å². The fourth-order valence-corrected chi connectivity index (χ4v) is 1.66. The van der Waals surface area contributed by atoms with E-state index in [0.29, 0.717) is 6.54 Å². The average molecular weight is 239 g/mol. The topological polar surface area (TPSA) is 56.1 Å². The molecule has 0 fully saturated rings. The second kappa shape index (κ2) is 5.82. The summed E-state index contributed by atoms with van der Waals surface area (Å²) < 4.78 is 6.51. The molecule has 0 aliphatic carbocycles. The maximum atomic E-state index is 11.4. The highest BCUT2D eigenvalue weighted by molar-refractivity contribution is 5.72. The molecule has 1 heterocycles. The Morgan fingerprint density at radius 2 is 2.24 bits per heavy atom. The fraction of sp³-hybridized carbons (Fsp3) is 0.667. The number of carbonyl (C=O) groups excluding carboxylic acids is 1. The van der Waals surface area contributed by atoms with Crippen molar-refractivity contribution in [1.82, 2.24) is 15.1 Å². The van der Waals surface area contributed by atoms with Crippen molar-refractivity contribution in [2.24, 2.45) is 13.0 Å². The Hall–Kier alpha value is -1.36. The Bertz CT molecular complexity index is 387. The first-order valence-electron chi connectivity index (χ1n) is 5.76. The third-order valence-electron chi connectivity index (χ3n) is 3.05. The average Bonchev–Trinajstić information content (AvgIpc) is 2.62. The van der Waals surface area contributed by atoms with Crippen LogP contribution in [0.25, 0.3) is 0 Å². The van der Waals surface area contributed by atoms with Crippen LogP contribution in [0.5, 0.6) is 0 Å². The number of methoxy groups -OCH3 is 1. The molecular weight excluding hydrogens is 218 g/mol. The third-order valence-corrected chi connectivity index (χ3v) is 3.05. The molecule has 17 heavy (non-hydrogen) atoms. The summed E-state index contributed by atoms with van der Waals surface area (Å²) >= 11 is 0. The highest BCUT2D eigenvalue weighted by atomic mass is 16.5. The molecule has 0 saturated heterocycles. The maximum absolute atomic E-state index is 11.4. The van der Waals surface area contributed by atoms with Gasteiger partial charge in [-0.2, -0.15) is 5.10 Å². The zero-order valence-electron chi connectivity index (χ0n) is 11.2. The summed E-state index contributed by atoms with van der Waals surface area (Å²) in [5.74, 6) is -0.343. The van der Waals surface area contributed by atoms with Crippen LogP contribution < -0.4 is 5.32 Å². The molecule has 5 heteroatoms. The van der Waals surface area contributed by atoms with E-state index in [1.165, 1.54) is 7.11 Å². The van der Waals surface area contributed by atoms with E-state index < -0.39 is 0 Å². The summed E-state index contributed by atoms with van der Waals surface area (Å²) in [6.07, 6.45) is 1.98. The van der Waals surface area contributed by atoms with Gasteiger partial charge in [-0.05, 0) is 13.8 Å². The number of hydrogen-bond donors (Lipinski definition) is 1. The van der Waals surface area contributed by atoms with Gasteiger partial charge in [0.05, 0.1) is 18.7 Å². The lowest BCUT2D eigenvalue weighted by Gasteiger charge is -2.18. The molecule has 0 aliphatic heterocycles. The van der Waals surface area contributed by atoms with Crippen molar-refractivity contribution in [3.05, 3.63) is 17.5 Å². The van der Waals surface area contributed by atoms with Crippen molar-refractivity contribution in [1.29, 1.82) is 0 Å². The summed E-state index contributed by atoms with van der Waals surface area (Å²) in [5, 5.41) is 7.58. The van der Waals surface area contributed by atoms with Crippen molar-refractivity contribution < 1.29 is 9.53 Å². The summed E-state index contributed by atoms with van der Waals surface area (Å²) in [6, 6.07) is 0.0713. The van der Waals surface area contributed by atoms with Crippen LogP contribution in [0.2, 0.25) is 0 Å². The number of carbonyl (C=O) groups is 1. The molecule has 0 saturated carbocycles. The van der Waals surface area contributed by atoms with Crippen LogP contribution in [0.1, 0.15) is 25.1 Å². The van der Waals surface area contributed by atoms with Gasteiger partial charge in [-0.3, -0.25) is 9.48 Å². The Labute approximate surface area is 102 Å². The van der Waals surface area contributed by atoms with E-state index in [-0.39, 0.29) is 17.9 Å². The van der Waals surface area contributed by atoms with Crippen LogP contribution in [0.15, 0.2) is 6.20 Å². The molecule has 0 aliphatic rings. The minimum atomic E-state index is -0.187. The van der Waals surface area contributed by atoms with Gasteiger partial charge in [0.2, 0.25) is 0 Å². The number of aromatic nitrogens is 2. The van der Waals surface area contributed by atoms with Crippen molar-refractivity contribution in [2.75, 3.05) is 7.11 Å². The van der Waals surface area contributed by atoms with Crippen molar-refractivity contribution in [3.8, 4) is 0 Å². The second-order valence-corrected chi connectivity index (χ2v) is 4.39. The van der Waals surface area contributed by atoms with Gasteiger partial charge in [0, 0.05) is 31.4 Å². The van der Waals surface area contributed by atoms with Gasteiger partial charge >= 0.3 is 5.97 Å². The minimum absolute atomic E-state index is 0.0713. The number of ether oxygens (including phenoxy) is 1. The normalized spacial score (nSPS) is 14.4. The lowest BCUT2D eigenvalue weighted by Crippen LogP contribution is -2.36. The lowest BCUT2D eigenvalue weighted by atomic mass is 10.0. The molecule has 0 amide bonds. The molecule has 2 atom stereocenters. The standard InChI is InChI=1S/C12H21N3O2/c1-8(12(16)17-5)9(2)13-6-11-7-15(4)14-10(11)3/h7-9,13H,6H2,1-5H3. The predicted molar refractivity (Wildman–Crippen MR) is 65.4 cm³/mol. The zero-order valence-corrected chi connectivity index (χ0v) is 11.2. The second-order valence-electron chi connectivity index (χ2n) is 4.39. The number of esters is 1. The lowest BCUT2D eigenvalue weighted by molar-refractivity contribution is -0.145. The molecular formula is C12H21N3O2. The van der Waals surface area contributed by atoms with E-state index in [1.54, 1.807) is 4.68 Å². The molecule has 0 bridgehead atoms. The van der Waals surface area contributed by atoms with Crippen LogP contribution in [-0.2, 0) is 23.1 Å². The first-order valence-corrected chi connectivity index (χ1v) is 5.76. The SMILES string of the molecule is COC(=O)C(C)C(C)NCc1cn(C)nc1C. The third kappa shape index (κ3) is 3.56. The highest BCUT2D eigenvalue weighted by Gasteiger charge is 2.20. The van der Waals surface area contributed by atoms with E-state index in [2.05, 4.69) is 10.4 Å². The molecule has 2 unspecified atom stereocenters. The first-order chi connectivity index (χ1) is 7.95. The van der Waals surface area contributed by atoms with Crippen molar-refractivity contribution in [2.45, 2.75) is 33.4 Å². The quantitative estimate of drug-likeness (QED) is 0.779.